The Kier molecular flexibility index (Phi) is 4.07. The van der Waals surface area contributed by atoms with Gasteiger partial charge in [-0.15, -0.1) is 0 Å². The number of para-hydroxylation sites is 1. The van der Waals surface area contributed by atoms with Gasteiger partial charge >= 0.3 is 6.09 Å². The summed E-state index contributed by atoms with van der Waals surface area (Å²) in [6.45, 7) is 4.90. The maximum absolute atomic E-state index is 11.5. The number of ether oxygens (including phenoxy) is 2. The van der Waals surface area contributed by atoms with Gasteiger partial charge in [0, 0.05) is 5.56 Å². The number of hydrogen-bond donors (Lipinski definition) is 1. The van der Waals surface area contributed by atoms with Crippen LogP contribution in [0.3, 0.4) is 0 Å². The lowest BCUT2D eigenvalue weighted by atomic mass is 10.00. The van der Waals surface area contributed by atoms with Crippen molar-refractivity contribution in [2.75, 3.05) is 13.2 Å². The number of carbonyl (C=O) groups is 1. The summed E-state index contributed by atoms with van der Waals surface area (Å²) in [7, 11) is 0. The van der Waals surface area contributed by atoms with E-state index in [-0.39, 0.29) is 12.1 Å². The summed E-state index contributed by atoms with van der Waals surface area (Å²) in [5, 5.41) is 2.90. The van der Waals surface area contributed by atoms with Gasteiger partial charge in [-0.1, -0.05) is 18.2 Å². The minimum absolute atomic E-state index is 0.0264. The Hall–Kier alpha value is -1.71. The molecule has 1 heterocycles. The van der Waals surface area contributed by atoms with E-state index in [4.69, 9.17) is 9.47 Å². The standard InChI is InChI=1S/C14H19NO3/c1-3-17-14(16)15-12-8-5-9-18-13-10(2)6-4-7-11(12)13/h4,6-7,12H,3,5,8-9H2,1-2H3,(H,15,16). The first-order valence-corrected chi connectivity index (χ1v) is 6.38. The molecule has 18 heavy (non-hydrogen) atoms. The summed E-state index contributed by atoms with van der Waals surface area (Å²) >= 11 is 0. The fourth-order valence-electron chi connectivity index (χ4n) is 2.23. The van der Waals surface area contributed by atoms with Crippen LogP contribution >= 0.6 is 0 Å². The van der Waals surface area contributed by atoms with E-state index < -0.39 is 0 Å². The smallest absolute Gasteiger partial charge is 0.407 e. The Bertz CT molecular complexity index is 431. The van der Waals surface area contributed by atoms with Gasteiger partial charge in [-0.3, -0.25) is 0 Å². The van der Waals surface area contributed by atoms with Crippen LogP contribution in [0.25, 0.3) is 0 Å². The van der Waals surface area contributed by atoms with E-state index in [2.05, 4.69) is 5.32 Å². The lowest BCUT2D eigenvalue weighted by Gasteiger charge is -2.18. The molecule has 4 heteroatoms. The summed E-state index contributed by atoms with van der Waals surface area (Å²) in [6.07, 6.45) is 1.43. The average Bonchev–Trinajstić information content (AvgIpc) is 2.54. The van der Waals surface area contributed by atoms with Crippen LogP contribution < -0.4 is 10.1 Å². The first-order chi connectivity index (χ1) is 8.72. The zero-order valence-corrected chi connectivity index (χ0v) is 10.9. The molecule has 0 aliphatic carbocycles. The van der Waals surface area contributed by atoms with Crippen molar-refractivity contribution in [2.45, 2.75) is 32.7 Å². The number of nitrogens with one attached hydrogen (secondary N) is 1. The van der Waals surface area contributed by atoms with E-state index in [9.17, 15) is 4.79 Å². The van der Waals surface area contributed by atoms with Crippen LogP contribution in [-0.2, 0) is 4.74 Å². The quantitative estimate of drug-likeness (QED) is 0.876. The van der Waals surface area contributed by atoms with Crippen LogP contribution in [0.1, 0.15) is 36.9 Å². The van der Waals surface area contributed by atoms with Crippen LogP contribution in [0, 0.1) is 6.92 Å². The second kappa shape index (κ2) is 5.76. The Morgan fingerprint density at radius 1 is 1.56 bits per heavy atom. The van der Waals surface area contributed by atoms with Gasteiger partial charge in [-0.05, 0) is 32.3 Å². The summed E-state index contributed by atoms with van der Waals surface area (Å²) < 4.78 is 10.7. The average molecular weight is 249 g/mol. The molecule has 1 amide bonds. The van der Waals surface area contributed by atoms with Crippen molar-refractivity contribution in [2.24, 2.45) is 0 Å². The lowest BCUT2D eigenvalue weighted by molar-refractivity contribution is 0.147. The number of alkyl carbamates (subject to hydrolysis) is 1. The van der Waals surface area contributed by atoms with Crippen LogP contribution in [-0.4, -0.2) is 19.3 Å². The Labute approximate surface area is 107 Å². The maximum Gasteiger partial charge on any atom is 0.407 e. The molecular weight excluding hydrogens is 230 g/mol. The minimum atomic E-state index is -0.364. The molecule has 2 rings (SSSR count). The molecule has 0 aromatic heterocycles. The van der Waals surface area contributed by atoms with Crippen molar-refractivity contribution < 1.29 is 14.3 Å². The molecule has 1 aromatic rings. The molecule has 1 N–H and O–H groups in total. The topological polar surface area (TPSA) is 47.6 Å². The molecular formula is C14H19NO3. The number of benzene rings is 1. The van der Waals surface area contributed by atoms with Gasteiger partial charge in [0.25, 0.3) is 0 Å². The van der Waals surface area contributed by atoms with E-state index in [1.54, 1.807) is 6.92 Å². The Morgan fingerprint density at radius 2 is 2.39 bits per heavy atom. The summed E-state index contributed by atoms with van der Waals surface area (Å²) in [6, 6.07) is 5.99. The van der Waals surface area contributed by atoms with Crippen molar-refractivity contribution in [1.29, 1.82) is 0 Å². The summed E-state index contributed by atoms with van der Waals surface area (Å²) in [5.74, 6) is 0.900. The van der Waals surface area contributed by atoms with Crippen LogP contribution in [0.15, 0.2) is 18.2 Å². The number of fused-ring (bicyclic) bond motifs is 1. The van der Waals surface area contributed by atoms with Gasteiger partial charge in [0.2, 0.25) is 0 Å². The Balaban J connectivity index is 2.22. The Morgan fingerprint density at radius 3 is 3.17 bits per heavy atom. The highest BCUT2D eigenvalue weighted by molar-refractivity contribution is 5.68. The largest absolute Gasteiger partial charge is 0.493 e. The molecule has 1 unspecified atom stereocenters. The predicted molar refractivity (Wildman–Crippen MR) is 68.8 cm³/mol. The molecule has 4 nitrogen and oxygen atoms in total. The molecule has 0 fully saturated rings. The number of carbonyl (C=O) groups excluding carboxylic acids is 1. The number of hydrogen-bond acceptors (Lipinski definition) is 3. The third kappa shape index (κ3) is 2.75. The molecule has 1 atom stereocenters. The van der Waals surface area contributed by atoms with Crippen molar-refractivity contribution in [3.05, 3.63) is 29.3 Å². The second-order valence-electron chi connectivity index (χ2n) is 4.40. The molecule has 0 spiro atoms. The van der Waals surface area contributed by atoms with Crippen LogP contribution in [0.5, 0.6) is 5.75 Å². The maximum atomic E-state index is 11.5. The van der Waals surface area contributed by atoms with Crippen molar-refractivity contribution >= 4 is 6.09 Å². The predicted octanol–water partition coefficient (Wildman–Crippen LogP) is 2.95. The third-order valence-corrected chi connectivity index (χ3v) is 3.07. The van der Waals surface area contributed by atoms with Crippen molar-refractivity contribution in [3.63, 3.8) is 0 Å². The second-order valence-corrected chi connectivity index (χ2v) is 4.40. The molecule has 0 bridgehead atoms. The molecule has 0 saturated carbocycles. The molecule has 98 valence electrons. The fourth-order valence-corrected chi connectivity index (χ4v) is 2.23. The van der Waals surface area contributed by atoms with E-state index in [1.807, 2.05) is 25.1 Å². The fraction of sp³-hybridized carbons (Fsp3) is 0.500. The van der Waals surface area contributed by atoms with Crippen LogP contribution in [0.4, 0.5) is 4.79 Å². The first-order valence-electron chi connectivity index (χ1n) is 6.38. The van der Waals surface area contributed by atoms with Gasteiger partial charge in [0.15, 0.2) is 0 Å². The van der Waals surface area contributed by atoms with E-state index >= 15 is 0 Å². The minimum Gasteiger partial charge on any atom is -0.493 e. The third-order valence-electron chi connectivity index (χ3n) is 3.07. The lowest BCUT2D eigenvalue weighted by Crippen LogP contribution is -2.29. The van der Waals surface area contributed by atoms with E-state index in [1.165, 1.54) is 0 Å². The molecule has 1 aliphatic rings. The SMILES string of the molecule is CCOC(=O)NC1CCCOc2c(C)cccc21. The molecule has 0 radical (unpaired) electrons. The normalized spacial score (nSPS) is 18.2. The summed E-state index contributed by atoms with van der Waals surface area (Å²) in [5.41, 5.74) is 2.14. The van der Waals surface area contributed by atoms with Gasteiger partial charge in [0.05, 0.1) is 19.3 Å². The van der Waals surface area contributed by atoms with Crippen molar-refractivity contribution in [3.8, 4) is 5.75 Å². The monoisotopic (exact) mass is 249 g/mol. The highest BCUT2D eigenvalue weighted by atomic mass is 16.5. The van der Waals surface area contributed by atoms with Crippen LogP contribution in [0.2, 0.25) is 0 Å². The highest BCUT2D eigenvalue weighted by Gasteiger charge is 2.22. The zero-order chi connectivity index (χ0) is 13.0. The van der Waals surface area contributed by atoms with Gasteiger partial charge < -0.3 is 14.8 Å². The zero-order valence-electron chi connectivity index (χ0n) is 10.9. The van der Waals surface area contributed by atoms with Gasteiger partial charge in [0.1, 0.15) is 5.75 Å². The first kappa shape index (κ1) is 12.7. The number of rotatable bonds is 2. The molecule has 0 saturated heterocycles. The van der Waals surface area contributed by atoms with Gasteiger partial charge in [-0.2, -0.15) is 0 Å². The van der Waals surface area contributed by atoms with E-state index in [0.29, 0.717) is 13.2 Å². The van der Waals surface area contributed by atoms with Gasteiger partial charge in [-0.25, -0.2) is 4.79 Å². The summed E-state index contributed by atoms with van der Waals surface area (Å²) in [4.78, 5) is 11.5. The van der Waals surface area contributed by atoms with Crippen molar-refractivity contribution in [1.82, 2.24) is 5.32 Å². The molecule has 1 aromatic carbocycles. The number of aryl methyl sites for hydroxylation is 1. The highest BCUT2D eigenvalue weighted by Crippen LogP contribution is 2.33. The molecule has 1 aliphatic heterocycles. The van der Waals surface area contributed by atoms with E-state index in [0.717, 1.165) is 29.7 Å². The number of amides is 1.